The number of hydrogen-bond acceptors (Lipinski definition) is 2. The zero-order chi connectivity index (χ0) is 8.57. The third kappa shape index (κ3) is 24.7. The molecule has 0 saturated heterocycles. The van der Waals surface area contributed by atoms with E-state index in [9.17, 15) is 0 Å². The van der Waals surface area contributed by atoms with Gasteiger partial charge >= 0.3 is 6.09 Å². The van der Waals surface area contributed by atoms with Gasteiger partial charge in [-0.1, -0.05) is 24.8 Å². The summed E-state index contributed by atoms with van der Waals surface area (Å²) in [5.41, 5.74) is 4.03. The van der Waals surface area contributed by atoms with Crippen LogP contribution in [0.25, 0.3) is 0 Å². The van der Waals surface area contributed by atoms with Gasteiger partial charge < -0.3 is 10.8 Å². The lowest BCUT2D eigenvalue weighted by molar-refractivity contribution is 0.205. The lowest BCUT2D eigenvalue weighted by atomic mass is 10.4. The third-order valence-corrected chi connectivity index (χ3v) is 2.28. The normalized spacial score (nSPS) is 11.1. The molecule has 0 aromatic carbocycles. The van der Waals surface area contributed by atoms with Crippen LogP contribution in [0.3, 0.4) is 0 Å². The van der Waals surface area contributed by atoms with Gasteiger partial charge in [-0.2, -0.15) is 0 Å². The maximum absolute atomic E-state index is 8.78. The summed E-state index contributed by atoms with van der Waals surface area (Å²) in [6.45, 7) is 4.23. The first-order valence-corrected chi connectivity index (χ1v) is 4.50. The summed E-state index contributed by atoms with van der Waals surface area (Å²) in [7, 11) is 6.77. The Labute approximate surface area is 69.4 Å². The van der Waals surface area contributed by atoms with Crippen molar-refractivity contribution in [1.29, 1.82) is 0 Å². The molecule has 1 amide bonds. The van der Waals surface area contributed by atoms with Gasteiger partial charge in [-0.05, 0) is 17.1 Å². The van der Waals surface area contributed by atoms with E-state index in [4.69, 9.17) is 20.6 Å². The van der Waals surface area contributed by atoms with Crippen molar-refractivity contribution < 1.29 is 9.90 Å². The lowest BCUT2D eigenvalue weighted by Gasteiger charge is -1.95. The molecule has 1 atom stereocenters. The van der Waals surface area contributed by atoms with Gasteiger partial charge in [0.1, 0.15) is 0 Å². The first kappa shape index (κ1) is 12.6. The molecule has 62 valence electrons. The Morgan fingerprint density at radius 2 is 2.20 bits per heavy atom. The summed E-state index contributed by atoms with van der Waals surface area (Å²) in [6.07, 6.45) is -0.172. The smallest absolute Gasteiger partial charge is 0.402 e. The standard InChI is InChI=1S/C4H9ClS.CH3NO2/c1-3-4(2)6-5;2-1(3)4/h4H,3H2,1-2H3;2H2,(H,3,4). The van der Waals surface area contributed by atoms with Crippen molar-refractivity contribution in [2.45, 2.75) is 25.5 Å². The minimum absolute atomic E-state index is 0.617. The minimum Gasteiger partial charge on any atom is -0.465 e. The van der Waals surface area contributed by atoms with Gasteiger partial charge in [0, 0.05) is 5.25 Å². The van der Waals surface area contributed by atoms with E-state index in [1.807, 2.05) is 0 Å². The zero-order valence-corrected chi connectivity index (χ0v) is 7.58. The Bertz CT molecular complexity index is 83.7. The molecule has 1 unspecified atom stereocenters. The molecule has 0 aliphatic rings. The highest BCUT2D eigenvalue weighted by atomic mass is 35.7. The van der Waals surface area contributed by atoms with Crippen LogP contribution in [0.4, 0.5) is 4.79 Å². The summed E-state index contributed by atoms with van der Waals surface area (Å²) in [5, 5.41) is 7.81. The molecular formula is C5H12ClNO2S. The molecule has 0 bridgehead atoms. The number of nitrogens with two attached hydrogens (primary N) is 1. The molecule has 0 rings (SSSR count). The van der Waals surface area contributed by atoms with E-state index >= 15 is 0 Å². The number of amides is 1. The molecule has 3 nitrogen and oxygen atoms in total. The number of carbonyl (C=O) groups is 1. The van der Waals surface area contributed by atoms with Crippen LogP contribution in [0.15, 0.2) is 0 Å². The van der Waals surface area contributed by atoms with Crippen molar-refractivity contribution in [3.8, 4) is 0 Å². The van der Waals surface area contributed by atoms with E-state index in [1.54, 1.807) is 0 Å². The number of carboxylic acid groups (broad SMARTS) is 1. The van der Waals surface area contributed by atoms with E-state index in [0.29, 0.717) is 5.25 Å². The molecular weight excluding hydrogens is 174 g/mol. The van der Waals surface area contributed by atoms with Crippen molar-refractivity contribution >= 4 is 27.8 Å². The monoisotopic (exact) mass is 185 g/mol. The molecule has 0 aromatic heterocycles. The molecule has 0 aliphatic heterocycles. The predicted molar refractivity (Wildman–Crippen MR) is 45.4 cm³/mol. The largest absolute Gasteiger partial charge is 0.465 e. The van der Waals surface area contributed by atoms with Crippen LogP contribution in [0, 0.1) is 0 Å². The average molecular weight is 186 g/mol. The van der Waals surface area contributed by atoms with E-state index in [1.165, 1.54) is 11.0 Å². The topological polar surface area (TPSA) is 63.3 Å². The van der Waals surface area contributed by atoms with E-state index in [2.05, 4.69) is 19.6 Å². The molecule has 0 fully saturated rings. The average Bonchev–Trinajstić information content (AvgIpc) is 1.85. The third-order valence-electron chi connectivity index (χ3n) is 0.727. The Morgan fingerprint density at radius 3 is 2.20 bits per heavy atom. The first-order valence-electron chi connectivity index (χ1n) is 2.80. The second-order valence-electron chi connectivity index (χ2n) is 1.65. The van der Waals surface area contributed by atoms with E-state index in [0.717, 1.165) is 6.42 Å². The van der Waals surface area contributed by atoms with Crippen molar-refractivity contribution in [2.75, 3.05) is 0 Å². The fraction of sp³-hybridized carbons (Fsp3) is 0.800. The van der Waals surface area contributed by atoms with Gasteiger partial charge in [-0.3, -0.25) is 0 Å². The van der Waals surface area contributed by atoms with Crippen LogP contribution in [0.1, 0.15) is 20.3 Å². The summed E-state index contributed by atoms with van der Waals surface area (Å²) in [5.74, 6) is 0. The van der Waals surface area contributed by atoms with E-state index < -0.39 is 6.09 Å². The minimum atomic E-state index is -1.33. The van der Waals surface area contributed by atoms with Crippen molar-refractivity contribution in [1.82, 2.24) is 0 Å². The van der Waals surface area contributed by atoms with Crippen LogP contribution in [-0.2, 0) is 0 Å². The van der Waals surface area contributed by atoms with Gasteiger partial charge in [-0.25, -0.2) is 4.79 Å². The van der Waals surface area contributed by atoms with Gasteiger partial charge in [0.05, 0.1) is 0 Å². The van der Waals surface area contributed by atoms with Crippen molar-refractivity contribution in [3.63, 3.8) is 0 Å². The van der Waals surface area contributed by atoms with Crippen LogP contribution >= 0.6 is 21.7 Å². The van der Waals surface area contributed by atoms with Crippen LogP contribution in [0.5, 0.6) is 0 Å². The SMILES string of the molecule is CCC(C)SCl.NC(=O)O. The summed E-state index contributed by atoms with van der Waals surface area (Å²) < 4.78 is 0. The lowest BCUT2D eigenvalue weighted by Crippen LogP contribution is -2.03. The van der Waals surface area contributed by atoms with Crippen molar-refractivity contribution in [3.05, 3.63) is 0 Å². The van der Waals surface area contributed by atoms with Crippen LogP contribution in [-0.4, -0.2) is 16.4 Å². The fourth-order valence-electron chi connectivity index (χ4n) is 0.0630. The van der Waals surface area contributed by atoms with Crippen molar-refractivity contribution in [2.24, 2.45) is 5.73 Å². The molecule has 10 heavy (non-hydrogen) atoms. The molecule has 0 aliphatic carbocycles. The second-order valence-corrected chi connectivity index (χ2v) is 3.16. The number of rotatable bonds is 2. The number of hydrogen-bond donors (Lipinski definition) is 2. The van der Waals surface area contributed by atoms with Gasteiger partial charge in [0.2, 0.25) is 0 Å². The predicted octanol–water partition coefficient (Wildman–Crippen LogP) is 2.29. The molecule has 0 aromatic rings. The Balaban J connectivity index is 0. The Morgan fingerprint density at radius 1 is 1.90 bits per heavy atom. The van der Waals surface area contributed by atoms with Gasteiger partial charge in [-0.15, -0.1) is 0 Å². The zero-order valence-electron chi connectivity index (χ0n) is 6.00. The maximum atomic E-state index is 8.78. The van der Waals surface area contributed by atoms with E-state index in [-0.39, 0.29) is 0 Å². The highest BCUT2D eigenvalue weighted by Gasteiger charge is 1.91. The highest BCUT2D eigenvalue weighted by Crippen LogP contribution is 2.16. The molecule has 3 N–H and O–H groups in total. The fourth-order valence-corrected chi connectivity index (χ4v) is 0.567. The van der Waals surface area contributed by atoms with Crippen LogP contribution in [0.2, 0.25) is 0 Å². The molecule has 0 heterocycles. The summed E-state index contributed by atoms with van der Waals surface area (Å²) in [4.78, 5) is 8.78. The number of halogens is 1. The molecule has 0 spiro atoms. The molecule has 0 radical (unpaired) electrons. The maximum Gasteiger partial charge on any atom is 0.402 e. The van der Waals surface area contributed by atoms with Gasteiger partial charge in [0.15, 0.2) is 0 Å². The van der Waals surface area contributed by atoms with Gasteiger partial charge in [0.25, 0.3) is 0 Å². The molecule has 0 saturated carbocycles. The molecule has 5 heteroatoms. The Kier molecular flexibility index (Phi) is 11.2. The highest BCUT2D eigenvalue weighted by molar-refractivity contribution is 8.21. The second kappa shape index (κ2) is 8.91. The quantitative estimate of drug-likeness (QED) is 0.694. The van der Waals surface area contributed by atoms with Crippen LogP contribution < -0.4 is 5.73 Å². The number of primary amides is 1. The first-order chi connectivity index (χ1) is 4.54. The summed E-state index contributed by atoms with van der Waals surface area (Å²) in [6, 6.07) is 0. The Hall–Kier alpha value is -0.0900. The summed E-state index contributed by atoms with van der Waals surface area (Å²) >= 11 is 0.